The van der Waals surface area contributed by atoms with E-state index in [0.717, 1.165) is 41.2 Å². The van der Waals surface area contributed by atoms with Gasteiger partial charge >= 0.3 is 5.97 Å². The van der Waals surface area contributed by atoms with Gasteiger partial charge in [-0.05, 0) is 121 Å². The molecule has 1 aliphatic heterocycles. The van der Waals surface area contributed by atoms with E-state index in [0.29, 0.717) is 35.4 Å². The maximum absolute atomic E-state index is 13.0. The number of fused-ring (bicyclic) bond motifs is 7. The summed E-state index contributed by atoms with van der Waals surface area (Å²) in [4.78, 5) is 15.5. The summed E-state index contributed by atoms with van der Waals surface area (Å²) in [5.41, 5.74) is 2.75. The van der Waals surface area contributed by atoms with Crippen molar-refractivity contribution in [2.45, 2.75) is 104 Å². The van der Waals surface area contributed by atoms with Gasteiger partial charge in [-0.2, -0.15) is 0 Å². The topological polar surface area (TPSA) is 41.6 Å². The molecule has 10 atom stereocenters. The summed E-state index contributed by atoms with van der Waals surface area (Å²) in [6.07, 6.45) is 10.6. The molecule has 5 fully saturated rings. The van der Waals surface area contributed by atoms with Crippen molar-refractivity contribution in [2.75, 3.05) is 20.6 Å². The molecule has 0 aromatic heterocycles. The maximum atomic E-state index is 13.0. The Morgan fingerprint density at radius 1 is 0.970 bits per heavy atom. The van der Waals surface area contributed by atoms with Crippen molar-refractivity contribution in [3.63, 3.8) is 0 Å². The van der Waals surface area contributed by atoms with Crippen LogP contribution in [0.15, 0.2) is 11.1 Å². The van der Waals surface area contributed by atoms with Crippen LogP contribution in [0.4, 0.5) is 0 Å². The first kappa shape index (κ1) is 23.9. The minimum Gasteiger partial charge on any atom is -0.457 e. The van der Waals surface area contributed by atoms with Crippen LogP contribution in [0.25, 0.3) is 0 Å². The molecule has 0 unspecified atom stereocenters. The molecule has 0 aromatic rings. The molecule has 0 radical (unpaired) electrons. The van der Waals surface area contributed by atoms with Crippen LogP contribution >= 0.6 is 0 Å². The highest BCUT2D eigenvalue weighted by molar-refractivity contribution is 5.90. The highest BCUT2D eigenvalue weighted by Crippen LogP contribution is 2.68. The first-order valence-corrected chi connectivity index (χ1v) is 13.8. The molecule has 5 rings (SSSR count). The first-order valence-electron chi connectivity index (χ1n) is 13.8. The lowest BCUT2D eigenvalue weighted by molar-refractivity contribution is -0.176. The molecule has 0 amide bonds. The van der Waals surface area contributed by atoms with Crippen LogP contribution in [0.3, 0.4) is 0 Å². The molecular formula is C29H48N2O2. The van der Waals surface area contributed by atoms with Gasteiger partial charge in [-0.25, -0.2) is 4.79 Å². The van der Waals surface area contributed by atoms with Gasteiger partial charge in [-0.3, -0.25) is 0 Å². The van der Waals surface area contributed by atoms with Gasteiger partial charge in [0.1, 0.15) is 6.10 Å². The molecule has 0 aromatic carbocycles. The predicted octanol–water partition coefficient (Wildman–Crippen LogP) is 5.43. The molecule has 4 saturated carbocycles. The van der Waals surface area contributed by atoms with Crippen LogP contribution in [-0.2, 0) is 9.53 Å². The van der Waals surface area contributed by atoms with Crippen LogP contribution in [-0.4, -0.2) is 49.7 Å². The average Bonchev–Trinajstić information content (AvgIpc) is 3.01. The van der Waals surface area contributed by atoms with Crippen molar-refractivity contribution in [3.05, 3.63) is 11.1 Å². The standard InChI is InChI=1S/C29H48N2O2/c1-17(2)20-16-30-25-13-15-29(5)23-12-14-28(4)21(18(3)31(6)7)10-11-22(28)19(23)8-9-24(29)26(25)33-27(20)32/h18-19,21-26,30H,8-16H2,1-7H3/t18-,19-,21+,22-,23-,24-,25-,26+,28+,29+/m0/s1. The van der Waals surface area contributed by atoms with E-state index in [2.05, 4.69) is 45.1 Å². The molecule has 4 nitrogen and oxygen atoms in total. The third kappa shape index (κ3) is 3.56. The SMILES string of the molecule is CC(C)=C1CN[C@H]2CC[C@]3(C)[C@H]4CC[C@]5(C)[C@@H]([C@H](C)N(C)C)CC[C@H]5[C@@H]4CC[C@H]3[C@H]2OC1=O. The Balaban J connectivity index is 1.39. The van der Waals surface area contributed by atoms with E-state index < -0.39 is 0 Å². The summed E-state index contributed by atoms with van der Waals surface area (Å²) < 4.78 is 6.32. The Morgan fingerprint density at radius 3 is 2.33 bits per heavy atom. The Hall–Kier alpha value is -0.870. The summed E-state index contributed by atoms with van der Waals surface area (Å²) in [5.74, 6) is 3.82. The van der Waals surface area contributed by atoms with E-state index in [1.54, 1.807) is 0 Å². The van der Waals surface area contributed by atoms with Crippen molar-refractivity contribution < 1.29 is 9.53 Å². The van der Waals surface area contributed by atoms with Gasteiger partial charge in [-0.15, -0.1) is 0 Å². The number of rotatable bonds is 2. The minimum absolute atomic E-state index is 0.0486. The van der Waals surface area contributed by atoms with Crippen LogP contribution < -0.4 is 5.32 Å². The summed E-state index contributed by atoms with van der Waals surface area (Å²) in [6.45, 7) is 12.4. The quantitative estimate of drug-likeness (QED) is 0.445. The molecule has 186 valence electrons. The third-order valence-corrected chi connectivity index (χ3v) is 11.8. The van der Waals surface area contributed by atoms with Gasteiger partial charge in [0.15, 0.2) is 0 Å². The zero-order chi connectivity index (χ0) is 23.7. The van der Waals surface area contributed by atoms with E-state index in [1.807, 2.05) is 13.8 Å². The lowest BCUT2D eigenvalue weighted by atomic mass is 9.44. The number of carbonyl (C=O) groups is 1. The van der Waals surface area contributed by atoms with Crippen LogP contribution in [0.5, 0.6) is 0 Å². The molecule has 1 heterocycles. The molecule has 33 heavy (non-hydrogen) atoms. The largest absolute Gasteiger partial charge is 0.457 e. The van der Waals surface area contributed by atoms with E-state index in [9.17, 15) is 4.79 Å². The molecule has 4 heteroatoms. The fraction of sp³-hybridized carbons (Fsp3) is 0.897. The second-order valence-electron chi connectivity index (χ2n) is 13.4. The van der Waals surface area contributed by atoms with Crippen LogP contribution in [0.1, 0.15) is 86.0 Å². The monoisotopic (exact) mass is 456 g/mol. The van der Waals surface area contributed by atoms with E-state index in [4.69, 9.17) is 4.74 Å². The summed E-state index contributed by atoms with van der Waals surface area (Å²) in [7, 11) is 4.53. The smallest absolute Gasteiger partial charge is 0.335 e. The number of allylic oxidation sites excluding steroid dienone is 1. The van der Waals surface area contributed by atoms with Crippen molar-refractivity contribution in [1.82, 2.24) is 10.2 Å². The number of nitrogens with zero attached hydrogens (tertiary/aromatic N) is 1. The normalized spacial score (nSPS) is 48.2. The summed E-state index contributed by atoms with van der Waals surface area (Å²) >= 11 is 0. The van der Waals surface area contributed by atoms with Gasteiger partial charge in [0.05, 0.1) is 0 Å². The lowest BCUT2D eigenvalue weighted by Gasteiger charge is -2.62. The molecule has 5 aliphatic rings. The highest BCUT2D eigenvalue weighted by Gasteiger charge is 2.63. The molecule has 0 spiro atoms. The van der Waals surface area contributed by atoms with E-state index in [-0.39, 0.29) is 12.1 Å². The van der Waals surface area contributed by atoms with Gasteiger partial charge in [0.2, 0.25) is 0 Å². The number of esters is 1. The minimum atomic E-state index is -0.0612. The number of nitrogens with one attached hydrogen (secondary N) is 1. The van der Waals surface area contributed by atoms with E-state index >= 15 is 0 Å². The maximum Gasteiger partial charge on any atom is 0.335 e. The van der Waals surface area contributed by atoms with Crippen LogP contribution in [0.2, 0.25) is 0 Å². The van der Waals surface area contributed by atoms with Crippen molar-refractivity contribution in [3.8, 4) is 0 Å². The zero-order valence-electron chi connectivity index (χ0n) is 22.2. The fourth-order valence-corrected chi connectivity index (χ4v) is 9.76. The molecular weight excluding hydrogens is 408 g/mol. The Labute approximate surface area is 202 Å². The van der Waals surface area contributed by atoms with Crippen molar-refractivity contribution in [1.29, 1.82) is 0 Å². The predicted molar refractivity (Wildman–Crippen MR) is 134 cm³/mol. The van der Waals surface area contributed by atoms with Gasteiger partial charge in [0.25, 0.3) is 0 Å². The zero-order valence-corrected chi connectivity index (χ0v) is 22.2. The number of hydrogen-bond acceptors (Lipinski definition) is 4. The van der Waals surface area contributed by atoms with Gasteiger partial charge in [-0.1, -0.05) is 19.4 Å². The average molecular weight is 457 g/mol. The number of hydrogen-bond donors (Lipinski definition) is 1. The van der Waals surface area contributed by atoms with Gasteiger partial charge in [0, 0.05) is 30.1 Å². The Kier molecular flexibility index (Phi) is 6.04. The number of carbonyl (C=O) groups excluding carboxylic acids is 1. The second-order valence-corrected chi connectivity index (χ2v) is 13.4. The van der Waals surface area contributed by atoms with Crippen LogP contribution in [0, 0.1) is 40.4 Å². The second kappa shape index (κ2) is 8.36. The lowest BCUT2D eigenvalue weighted by Crippen LogP contribution is -2.61. The van der Waals surface area contributed by atoms with Gasteiger partial charge < -0.3 is 15.0 Å². The third-order valence-electron chi connectivity index (χ3n) is 11.8. The number of ether oxygens (including phenoxy) is 1. The fourth-order valence-electron chi connectivity index (χ4n) is 9.76. The summed E-state index contributed by atoms with van der Waals surface area (Å²) in [6, 6.07) is 0.991. The van der Waals surface area contributed by atoms with Crippen molar-refractivity contribution >= 4 is 5.97 Å². The first-order chi connectivity index (χ1) is 15.6. The Bertz CT molecular complexity index is 816. The molecule has 0 bridgehead atoms. The Morgan fingerprint density at radius 2 is 1.64 bits per heavy atom. The molecule has 4 aliphatic carbocycles. The highest BCUT2D eigenvalue weighted by atomic mass is 16.5. The van der Waals surface area contributed by atoms with Crippen molar-refractivity contribution in [2.24, 2.45) is 40.4 Å². The molecule has 1 N–H and O–H groups in total. The molecule has 1 saturated heterocycles. The van der Waals surface area contributed by atoms with E-state index in [1.165, 1.54) is 44.9 Å². The summed E-state index contributed by atoms with van der Waals surface area (Å²) in [5, 5.41) is 3.73.